The summed E-state index contributed by atoms with van der Waals surface area (Å²) in [4.78, 5) is 14.7. The van der Waals surface area contributed by atoms with Crippen LogP contribution in [0, 0.1) is 0 Å². The number of piperidine rings is 1. The van der Waals surface area contributed by atoms with E-state index in [0.29, 0.717) is 11.3 Å². The molecule has 94 valence electrons. The Morgan fingerprint density at radius 3 is 3.00 bits per heavy atom. The maximum atomic E-state index is 11.9. The summed E-state index contributed by atoms with van der Waals surface area (Å²) < 4.78 is 5.83. The number of benzene rings is 1. The minimum Gasteiger partial charge on any atom is -0.474 e. The third-order valence-electron chi connectivity index (χ3n) is 3.27. The number of rotatable bonds is 2. The maximum absolute atomic E-state index is 11.9. The number of fused-ring (bicyclic) bond motifs is 1. The number of H-pyrrole nitrogens is 1. The Kier molecular flexibility index (Phi) is 3.02. The minimum absolute atomic E-state index is 0.0909. The summed E-state index contributed by atoms with van der Waals surface area (Å²) in [6.07, 6.45) is 2.29. The molecule has 1 atom stereocenters. The molecule has 18 heavy (non-hydrogen) atoms. The molecule has 0 saturated carbocycles. The highest BCUT2D eigenvalue weighted by Crippen LogP contribution is 2.17. The van der Waals surface area contributed by atoms with Crippen LogP contribution in [-0.2, 0) is 0 Å². The topological polar surface area (TPSA) is 54.1 Å². The quantitative estimate of drug-likeness (QED) is 0.844. The highest BCUT2D eigenvalue weighted by molar-refractivity contribution is 5.82. The molecule has 1 aromatic heterocycles. The fourth-order valence-electron chi connectivity index (χ4n) is 2.35. The Morgan fingerprint density at radius 2 is 2.17 bits per heavy atom. The van der Waals surface area contributed by atoms with Gasteiger partial charge in [-0.2, -0.15) is 0 Å². The van der Waals surface area contributed by atoms with Crippen LogP contribution in [-0.4, -0.2) is 24.2 Å². The second kappa shape index (κ2) is 4.82. The van der Waals surface area contributed by atoms with Crippen LogP contribution in [0.3, 0.4) is 0 Å². The van der Waals surface area contributed by atoms with Crippen LogP contribution in [0.1, 0.15) is 12.8 Å². The van der Waals surface area contributed by atoms with Gasteiger partial charge in [-0.15, -0.1) is 0 Å². The fourth-order valence-corrected chi connectivity index (χ4v) is 2.35. The normalized spacial score (nSPS) is 19.9. The summed E-state index contributed by atoms with van der Waals surface area (Å²) in [6.45, 7) is 1.89. The highest BCUT2D eigenvalue weighted by atomic mass is 16.5. The summed E-state index contributed by atoms with van der Waals surface area (Å²) in [7, 11) is 0. The lowest BCUT2D eigenvalue weighted by atomic mass is 10.1. The van der Waals surface area contributed by atoms with E-state index >= 15 is 0 Å². The SMILES string of the molecule is O=c1[nH]c(O[C@H]2CCCNC2)cc2ccccc12. The first-order valence-corrected chi connectivity index (χ1v) is 6.32. The van der Waals surface area contributed by atoms with E-state index in [2.05, 4.69) is 10.3 Å². The summed E-state index contributed by atoms with van der Waals surface area (Å²) in [5.41, 5.74) is -0.0909. The van der Waals surface area contributed by atoms with Gasteiger partial charge in [-0.05, 0) is 30.8 Å². The van der Waals surface area contributed by atoms with Gasteiger partial charge < -0.3 is 10.1 Å². The van der Waals surface area contributed by atoms with Crippen molar-refractivity contribution in [2.45, 2.75) is 18.9 Å². The van der Waals surface area contributed by atoms with Crippen molar-refractivity contribution in [1.82, 2.24) is 10.3 Å². The molecule has 2 N–H and O–H groups in total. The average molecular weight is 244 g/mol. The Balaban J connectivity index is 1.90. The predicted molar refractivity (Wildman–Crippen MR) is 71.1 cm³/mol. The van der Waals surface area contributed by atoms with Gasteiger partial charge in [0.2, 0.25) is 0 Å². The van der Waals surface area contributed by atoms with Gasteiger partial charge in [-0.3, -0.25) is 9.78 Å². The van der Waals surface area contributed by atoms with Crippen molar-refractivity contribution in [2.75, 3.05) is 13.1 Å². The smallest absolute Gasteiger partial charge is 0.258 e. The largest absolute Gasteiger partial charge is 0.474 e. The number of nitrogens with one attached hydrogen (secondary N) is 2. The third kappa shape index (κ3) is 2.24. The first-order chi connectivity index (χ1) is 8.83. The van der Waals surface area contributed by atoms with E-state index in [0.717, 1.165) is 31.3 Å². The van der Waals surface area contributed by atoms with E-state index in [1.54, 1.807) is 0 Å². The number of aromatic amines is 1. The van der Waals surface area contributed by atoms with Crippen LogP contribution < -0.4 is 15.6 Å². The van der Waals surface area contributed by atoms with Crippen molar-refractivity contribution in [3.63, 3.8) is 0 Å². The molecule has 1 aromatic carbocycles. The van der Waals surface area contributed by atoms with Gasteiger partial charge in [-0.1, -0.05) is 18.2 Å². The Bertz CT molecular complexity index is 600. The van der Waals surface area contributed by atoms with Gasteiger partial charge in [-0.25, -0.2) is 0 Å². The van der Waals surface area contributed by atoms with E-state index in [9.17, 15) is 4.79 Å². The van der Waals surface area contributed by atoms with Crippen molar-refractivity contribution in [3.05, 3.63) is 40.7 Å². The summed E-state index contributed by atoms with van der Waals surface area (Å²) in [6, 6.07) is 9.43. The van der Waals surface area contributed by atoms with Crippen molar-refractivity contribution in [1.29, 1.82) is 0 Å². The lowest BCUT2D eigenvalue weighted by molar-refractivity contribution is 0.160. The molecule has 0 bridgehead atoms. The number of aromatic nitrogens is 1. The van der Waals surface area contributed by atoms with E-state index in [4.69, 9.17) is 4.74 Å². The van der Waals surface area contributed by atoms with Gasteiger partial charge in [0.1, 0.15) is 6.10 Å². The molecule has 0 spiro atoms. The molecule has 1 aliphatic rings. The Labute approximate surface area is 105 Å². The fraction of sp³-hybridized carbons (Fsp3) is 0.357. The van der Waals surface area contributed by atoms with Gasteiger partial charge in [0.05, 0.1) is 0 Å². The van der Waals surface area contributed by atoms with Crippen molar-refractivity contribution >= 4 is 10.8 Å². The number of ether oxygens (including phenoxy) is 1. The second-order valence-corrected chi connectivity index (χ2v) is 4.64. The Hall–Kier alpha value is -1.81. The van der Waals surface area contributed by atoms with Gasteiger partial charge >= 0.3 is 0 Å². The molecular formula is C14H16N2O2. The zero-order valence-electron chi connectivity index (χ0n) is 10.1. The average Bonchev–Trinajstić information content (AvgIpc) is 2.40. The zero-order chi connectivity index (χ0) is 12.4. The molecule has 0 radical (unpaired) electrons. The zero-order valence-corrected chi connectivity index (χ0v) is 10.1. The van der Waals surface area contributed by atoms with Crippen LogP contribution in [0.25, 0.3) is 10.8 Å². The lowest BCUT2D eigenvalue weighted by Crippen LogP contribution is -2.37. The maximum Gasteiger partial charge on any atom is 0.258 e. The number of hydrogen-bond donors (Lipinski definition) is 2. The minimum atomic E-state index is -0.0909. The van der Waals surface area contributed by atoms with E-state index in [1.165, 1.54) is 0 Å². The molecular weight excluding hydrogens is 228 g/mol. The lowest BCUT2D eigenvalue weighted by Gasteiger charge is -2.23. The molecule has 1 saturated heterocycles. The molecule has 0 aliphatic carbocycles. The molecule has 2 heterocycles. The van der Waals surface area contributed by atoms with Crippen molar-refractivity contribution < 1.29 is 4.74 Å². The van der Waals surface area contributed by atoms with E-state index in [1.807, 2.05) is 30.3 Å². The standard InChI is InChI=1S/C14H16N2O2/c17-14-12-6-2-1-4-10(12)8-13(16-14)18-11-5-3-7-15-9-11/h1-2,4,6,8,11,15H,3,5,7,9H2,(H,16,17)/t11-/m0/s1. The Morgan fingerprint density at radius 1 is 1.28 bits per heavy atom. The molecule has 3 rings (SSSR count). The second-order valence-electron chi connectivity index (χ2n) is 4.64. The van der Waals surface area contributed by atoms with Crippen molar-refractivity contribution in [3.8, 4) is 5.88 Å². The number of hydrogen-bond acceptors (Lipinski definition) is 3. The molecule has 4 nitrogen and oxygen atoms in total. The highest BCUT2D eigenvalue weighted by Gasteiger charge is 2.15. The predicted octanol–water partition coefficient (Wildman–Crippen LogP) is 1.66. The number of pyridine rings is 1. The summed E-state index contributed by atoms with van der Waals surface area (Å²) in [5.74, 6) is 0.562. The van der Waals surface area contributed by atoms with Gasteiger partial charge in [0, 0.05) is 18.0 Å². The molecule has 0 amide bonds. The van der Waals surface area contributed by atoms with E-state index in [-0.39, 0.29) is 11.7 Å². The molecule has 4 heteroatoms. The molecule has 0 unspecified atom stereocenters. The summed E-state index contributed by atoms with van der Waals surface area (Å²) >= 11 is 0. The van der Waals surface area contributed by atoms with Crippen LogP contribution in [0.4, 0.5) is 0 Å². The van der Waals surface area contributed by atoms with Crippen LogP contribution in [0.5, 0.6) is 5.88 Å². The summed E-state index contributed by atoms with van der Waals surface area (Å²) in [5, 5.41) is 4.91. The van der Waals surface area contributed by atoms with Crippen LogP contribution >= 0.6 is 0 Å². The van der Waals surface area contributed by atoms with Gasteiger partial charge in [0.15, 0.2) is 5.88 Å². The van der Waals surface area contributed by atoms with E-state index < -0.39 is 0 Å². The molecule has 2 aromatic rings. The molecule has 1 aliphatic heterocycles. The van der Waals surface area contributed by atoms with Crippen LogP contribution in [0.15, 0.2) is 35.1 Å². The molecule has 1 fully saturated rings. The van der Waals surface area contributed by atoms with Gasteiger partial charge in [0.25, 0.3) is 5.56 Å². The monoisotopic (exact) mass is 244 g/mol. The van der Waals surface area contributed by atoms with Crippen LogP contribution in [0.2, 0.25) is 0 Å². The van der Waals surface area contributed by atoms with Crippen molar-refractivity contribution in [2.24, 2.45) is 0 Å². The third-order valence-corrected chi connectivity index (χ3v) is 3.27. The first kappa shape index (κ1) is 11.3. The first-order valence-electron chi connectivity index (χ1n) is 6.32.